The van der Waals surface area contributed by atoms with Crippen molar-refractivity contribution in [1.82, 2.24) is 5.43 Å². The molecule has 0 bridgehead atoms. The van der Waals surface area contributed by atoms with Crippen LogP contribution in [0.25, 0.3) is 0 Å². The number of nitrogens with zero attached hydrogens (tertiary/aromatic N) is 2. The van der Waals surface area contributed by atoms with Crippen LogP contribution in [-0.2, 0) is 21.4 Å². The highest BCUT2D eigenvalue weighted by Gasteiger charge is 2.36. The minimum Gasteiger partial charge on any atom is -0.331 e. The summed E-state index contributed by atoms with van der Waals surface area (Å²) < 4.78 is 22.7. The number of rotatable bonds is 5. The van der Waals surface area contributed by atoms with Crippen LogP contribution in [0, 0.1) is 0 Å². The van der Waals surface area contributed by atoms with E-state index < -0.39 is 10.0 Å². The van der Waals surface area contributed by atoms with E-state index >= 15 is 0 Å². The molecule has 0 radical (unpaired) electrons. The Bertz CT molecular complexity index is 1360. The van der Waals surface area contributed by atoms with E-state index in [1.165, 1.54) is 24.3 Å². The highest BCUT2D eigenvalue weighted by molar-refractivity contribution is 7.89. The normalized spacial score (nSPS) is 14.3. The van der Waals surface area contributed by atoms with Crippen LogP contribution < -0.4 is 20.8 Å². The molecule has 3 aromatic carbocycles. The fraction of sp³-hybridized carbons (Fsp3) is 0.0455. The summed E-state index contributed by atoms with van der Waals surface area (Å²) in [5, 5.41) is 12.8. The van der Waals surface area contributed by atoms with Gasteiger partial charge in [0.1, 0.15) is 0 Å². The Balaban J connectivity index is 1.53. The van der Waals surface area contributed by atoms with Gasteiger partial charge in [0.25, 0.3) is 5.91 Å². The summed E-state index contributed by atoms with van der Waals surface area (Å²) in [6, 6.07) is 20.5. The summed E-state index contributed by atoms with van der Waals surface area (Å²) in [5.41, 5.74) is 5.50. The fourth-order valence-corrected chi connectivity index (χ4v) is 4.30. The average molecular weight is 500 g/mol. The third-order valence-electron chi connectivity index (χ3n) is 4.85. The van der Waals surface area contributed by atoms with Crippen molar-refractivity contribution in [3.8, 4) is 0 Å². The molecule has 0 saturated heterocycles. The largest absolute Gasteiger partial charge is 0.331 e. The van der Waals surface area contributed by atoms with Crippen LogP contribution in [-0.4, -0.2) is 25.1 Å². The maximum absolute atomic E-state index is 13.2. The number of carbonyl (C=O) groups is 1. The minimum absolute atomic E-state index is 0.0179. The minimum atomic E-state index is -3.79. The molecule has 0 spiro atoms. The smallest absolute Gasteiger partial charge is 0.279 e. The molecule has 0 fully saturated rings. The molecule has 1 heterocycles. The number of hydrazone groups is 1. The number of nitrogens with one attached hydrogen (secondary N) is 2. The third-order valence-corrected chi connectivity index (χ3v) is 6.28. The predicted octanol–water partition coefficient (Wildman–Crippen LogP) is 3.22. The summed E-state index contributed by atoms with van der Waals surface area (Å²) in [5.74, 6) is -0.310. The molecule has 1 aliphatic heterocycles. The van der Waals surface area contributed by atoms with Crippen molar-refractivity contribution in [3.05, 3.63) is 88.9 Å². The topological polar surface area (TPSA) is 117 Å². The van der Waals surface area contributed by atoms with Crippen LogP contribution in [0.5, 0.6) is 0 Å². The number of nitrogens with two attached hydrogens (primary N) is 1. The number of hydrogen-bond acceptors (Lipinski definition) is 5. The number of halogens is 1. The van der Waals surface area contributed by atoms with Gasteiger partial charge in [-0.15, -0.1) is 0 Å². The number of hydrogen-bond donors (Lipinski definition) is 3. The van der Waals surface area contributed by atoms with Gasteiger partial charge >= 0.3 is 0 Å². The van der Waals surface area contributed by atoms with Crippen LogP contribution in [0.1, 0.15) is 11.1 Å². The van der Waals surface area contributed by atoms with E-state index in [2.05, 4.69) is 15.8 Å². The highest BCUT2D eigenvalue weighted by Crippen LogP contribution is 2.37. The molecule has 0 atom stereocenters. The molecule has 4 N–H and O–H groups in total. The summed E-state index contributed by atoms with van der Waals surface area (Å²) >= 11 is 11.7. The Hall–Kier alpha value is -3.31. The van der Waals surface area contributed by atoms with Crippen molar-refractivity contribution in [2.75, 3.05) is 10.2 Å². The van der Waals surface area contributed by atoms with E-state index in [-0.39, 0.29) is 21.6 Å². The number of benzene rings is 3. The lowest BCUT2D eigenvalue weighted by molar-refractivity contribution is -0.112. The first-order valence-electron chi connectivity index (χ1n) is 9.66. The summed E-state index contributed by atoms with van der Waals surface area (Å²) in [7, 11) is -3.79. The molecule has 3 aromatic rings. The van der Waals surface area contributed by atoms with E-state index in [1.54, 1.807) is 23.1 Å². The molecule has 8 nitrogen and oxygen atoms in total. The van der Waals surface area contributed by atoms with E-state index in [0.717, 1.165) is 5.56 Å². The van der Waals surface area contributed by atoms with Gasteiger partial charge in [-0.05, 0) is 48.1 Å². The predicted molar refractivity (Wildman–Crippen MR) is 133 cm³/mol. The third kappa shape index (κ3) is 5.04. The highest BCUT2D eigenvalue weighted by atomic mass is 35.5. The van der Waals surface area contributed by atoms with Crippen molar-refractivity contribution in [2.24, 2.45) is 10.2 Å². The van der Waals surface area contributed by atoms with Crippen molar-refractivity contribution >= 4 is 61.9 Å². The first-order chi connectivity index (χ1) is 15.7. The van der Waals surface area contributed by atoms with Gasteiger partial charge < -0.3 is 10.2 Å². The van der Waals surface area contributed by atoms with Gasteiger partial charge in [-0.2, -0.15) is 5.10 Å². The molecule has 1 aliphatic rings. The molecule has 0 aromatic heterocycles. The Morgan fingerprint density at radius 2 is 1.73 bits per heavy atom. The monoisotopic (exact) mass is 499 g/mol. The van der Waals surface area contributed by atoms with Gasteiger partial charge in [-0.3, -0.25) is 10.2 Å². The Morgan fingerprint density at radius 3 is 2.39 bits per heavy atom. The van der Waals surface area contributed by atoms with E-state index in [0.29, 0.717) is 28.5 Å². The van der Waals surface area contributed by atoms with Crippen LogP contribution in [0.2, 0.25) is 5.02 Å². The first-order valence-corrected chi connectivity index (χ1v) is 12.0. The second-order valence-electron chi connectivity index (χ2n) is 7.11. The molecular weight excluding hydrogens is 482 g/mol. The molecule has 1 amide bonds. The van der Waals surface area contributed by atoms with Crippen LogP contribution in [0.3, 0.4) is 0 Å². The number of para-hydroxylation sites is 1. The molecular formula is C22H18ClN5O3S2. The number of carbonyl (C=O) groups excluding carboxylic acids is 1. The van der Waals surface area contributed by atoms with E-state index in [9.17, 15) is 13.2 Å². The van der Waals surface area contributed by atoms with Gasteiger partial charge in [0.2, 0.25) is 10.0 Å². The lowest BCUT2D eigenvalue weighted by Gasteiger charge is -2.18. The Kier molecular flexibility index (Phi) is 6.43. The maximum Gasteiger partial charge on any atom is 0.279 e. The average Bonchev–Trinajstić information content (AvgIpc) is 3.05. The van der Waals surface area contributed by atoms with Gasteiger partial charge in [0, 0.05) is 11.3 Å². The van der Waals surface area contributed by atoms with Crippen molar-refractivity contribution in [1.29, 1.82) is 0 Å². The molecule has 168 valence electrons. The fourth-order valence-electron chi connectivity index (χ4n) is 3.34. The van der Waals surface area contributed by atoms with Gasteiger partial charge in [-0.1, -0.05) is 54.1 Å². The maximum atomic E-state index is 13.2. The SMILES string of the molecule is NS(=O)(=O)c1ccc(NC(=S)NN=C2C(=O)N(Cc3ccccc3)c3c(Cl)cccc32)cc1. The molecule has 0 aliphatic carbocycles. The summed E-state index contributed by atoms with van der Waals surface area (Å²) in [4.78, 5) is 14.7. The second-order valence-corrected chi connectivity index (χ2v) is 9.49. The number of anilines is 2. The van der Waals surface area contributed by atoms with E-state index in [4.69, 9.17) is 29.0 Å². The zero-order chi connectivity index (χ0) is 23.6. The van der Waals surface area contributed by atoms with Crippen molar-refractivity contribution in [2.45, 2.75) is 11.4 Å². The molecule has 0 unspecified atom stereocenters. The zero-order valence-electron chi connectivity index (χ0n) is 17.0. The lowest BCUT2D eigenvalue weighted by Crippen LogP contribution is -2.32. The quantitative estimate of drug-likeness (QED) is 0.366. The van der Waals surface area contributed by atoms with Crippen LogP contribution >= 0.6 is 23.8 Å². The number of fused-ring (bicyclic) bond motifs is 1. The molecule has 11 heteroatoms. The van der Waals surface area contributed by atoms with Crippen molar-refractivity contribution in [3.63, 3.8) is 0 Å². The van der Waals surface area contributed by atoms with Crippen molar-refractivity contribution < 1.29 is 13.2 Å². The van der Waals surface area contributed by atoms with Gasteiger partial charge in [-0.25, -0.2) is 13.6 Å². The zero-order valence-corrected chi connectivity index (χ0v) is 19.4. The summed E-state index contributed by atoms with van der Waals surface area (Å²) in [6.45, 7) is 0.342. The van der Waals surface area contributed by atoms with Crippen LogP contribution in [0.15, 0.2) is 82.8 Å². The number of amides is 1. The molecule has 0 saturated carbocycles. The Labute approximate surface area is 201 Å². The first kappa shape index (κ1) is 22.9. The second kappa shape index (κ2) is 9.28. The molecule has 33 heavy (non-hydrogen) atoms. The lowest BCUT2D eigenvalue weighted by atomic mass is 10.1. The number of sulfonamides is 1. The van der Waals surface area contributed by atoms with Gasteiger partial charge in [0.15, 0.2) is 10.8 Å². The van der Waals surface area contributed by atoms with Crippen LogP contribution in [0.4, 0.5) is 11.4 Å². The number of primary sulfonamides is 1. The van der Waals surface area contributed by atoms with E-state index in [1.807, 2.05) is 30.3 Å². The van der Waals surface area contributed by atoms with Gasteiger partial charge in [0.05, 0.1) is 22.2 Å². The standard InChI is InChI=1S/C22H18ClN5O3S2/c23-18-8-4-7-17-19(21(29)28(20(17)18)13-14-5-2-1-3-6-14)26-27-22(32)25-15-9-11-16(12-10-15)33(24,30)31/h1-12H,13H2,(H2,24,30,31)(H2,25,27,32). The molecule has 4 rings (SSSR count). The summed E-state index contributed by atoms with van der Waals surface area (Å²) in [6.07, 6.45) is 0. The number of thiocarbonyl (C=S) groups is 1. The Morgan fingerprint density at radius 1 is 1.03 bits per heavy atom.